The Hall–Kier alpha value is -3.33. The molecule has 1 unspecified atom stereocenters. The lowest BCUT2D eigenvalue weighted by molar-refractivity contribution is -0.0366. The van der Waals surface area contributed by atoms with Crippen molar-refractivity contribution >= 4 is 17.0 Å². The standard InChI is InChI=1S/C27H32FN3O5/c1-27(2,3)36-26(33)30-14-17(15-30)16-35-24-12-19(18-7-8-23(32)21(28)10-18)11-22-20(24)13-29-31(22)25-6-4-5-9-34-25/h7-8,10-13,17,25,32H,4-6,9,14-16H2,1-3H3. The molecule has 1 aromatic heterocycles. The first-order valence-corrected chi connectivity index (χ1v) is 12.4. The predicted molar refractivity (Wildman–Crippen MR) is 132 cm³/mol. The Bertz CT molecular complexity index is 1260. The largest absolute Gasteiger partial charge is 0.505 e. The first kappa shape index (κ1) is 24.4. The van der Waals surface area contributed by atoms with Crippen molar-refractivity contribution in [2.24, 2.45) is 5.92 Å². The van der Waals surface area contributed by atoms with Gasteiger partial charge in [0, 0.05) is 25.6 Å². The van der Waals surface area contributed by atoms with Crippen LogP contribution in [0.4, 0.5) is 9.18 Å². The maximum atomic E-state index is 14.1. The van der Waals surface area contributed by atoms with Crippen molar-refractivity contribution < 1.29 is 28.5 Å². The summed E-state index contributed by atoms with van der Waals surface area (Å²) >= 11 is 0. The number of nitrogens with zero attached hydrogens (tertiary/aromatic N) is 3. The third-order valence-corrected chi connectivity index (χ3v) is 6.47. The van der Waals surface area contributed by atoms with Crippen molar-refractivity contribution in [2.45, 2.75) is 51.9 Å². The van der Waals surface area contributed by atoms with E-state index in [0.29, 0.717) is 37.6 Å². The summed E-state index contributed by atoms with van der Waals surface area (Å²) in [4.78, 5) is 13.9. The summed E-state index contributed by atoms with van der Waals surface area (Å²) in [6.07, 6.45) is 4.26. The van der Waals surface area contributed by atoms with E-state index in [1.807, 2.05) is 37.6 Å². The molecule has 0 spiro atoms. The van der Waals surface area contributed by atoms with Gasteiger partial charge < -0.3 is 24.2 Å². The lowest BCUT2D eigenvalue weighted by Gasteiger charge is -2.39. The molecule has 9 heteroatoms. The van der Waals surface area contributed by atoms with Crippen molar-refractivity contribution in [2.75, 3.05) is 26.3 Å². The molecular weight excluding hydrogens is 465 g/mol. The van der Waals surface area contributed by atoms with E-state index in [1.54, 1.807) is 17.2 Å². The van der Waals surface area contributed by atoms with Gasteiger partial charge in [0.1, 0.15) is 11.4 Å². The SMILES string of the molecule is CC(C)(C)OC(=O)N1CC(COc2cc(-c3ccc(O)c(F)c3)cc3c2cnn3C2CCCCO2)C1. The summed E-state index contributed by atoms with van der Waals surface area (Å²) < 4.78 is 33.7. The van der Waals surface area contributed by atoms with E-state index in [0.717, 1.165) is 35.7 Å². The lowest BCUT2D eigenvalue weighted by atomic mass is 10.0. The number of rotatable bonds is 5. The molecule has 0 saturated carbocycles. The van der Waals surface area contributed by atoms with Crippen LogP contribution in [0, 0.1) is 11.7 Å². The summed E-state index contributed by atoms with van der Waals surface area (Å²) in [5.41, 5.74) is 1.68. The maximum absolute atomic E-state index is 14.1. The number of likely N-dealkylation sites (tertiary alicyclic amines) is 1. The average molecular weight is 498 g/mol. The third kappa shape index (κ3) is 5.11. The Morgan fingerprint density at radius 3 is 2.69 bits per heavy atom. The number of aromatic nitrogens is 2. The minimum Gasteiger partial charge on any atom is -0.505 e. The zero-order chi connectivity index (χ0) is 25.4. The average Bonchev–Trinajstić information content (AvgIpc) is 3.23. The van der Waals surface area contributed by atoms with Crippen LogP contribution in [0.2, 0.25) is 0 Å². The number of hydrogen-bond acceptors (Lipinski definition) is 6. The molecule has 8 nitrogen and oxygen atoms in total. The van der Waals surface area contributed by atoms with Crippen LogP contribution in [0.15, 0.2) is 36.5 Å². The van der Waals surface area contributed by atoms with Crippen molar-refractivity contribution in [3.63, 3.8) is 0 Å². The van der Waals surface area contributed by atoms with Crippen molar-refractivity contribution in [1.29, 1.82) is 0 Å². The fourth-order valence-electron chi connectivity index (χ4n) is 4.59. The minimum atomic E-state index is -0.684. The Morgan fingerprint density at radius 1 is 1.19 bits per heavy atom. The molecule has 36 heavy (non-hydrogen) atoms. The van der Waals surface area contributed by atoms with Crippen LogP contribution in [-0.4, -0.2) is 57.8 Å². The summed E-state index contributed by atoms with van der Waals surface area (Å²) in [6.45, 7) is 7.79. The van der Waals surface area contributed by atoms with E-state index in [4.69, 9.17) is 14.2 Å². The fraction of sp³-hybridized carbons (Fsp3) is 0.481. The molecule has 2 aromatic carbocycles. The molecule has 2 fully saturated rings. The Kier molecular flexibility index (Phi) is 6.51. The Morgan fingerprint density at radius 2 is 2.00 bits per heavy atom. The van der Waals surface area contributed by atoms with Gasteiger partial charge in [-0.15, -0.1) is 0 Å². The predicted octanol–water partition coefficient (Wildman–Crippen LogP) is 5.49. The highest BCUT2D eigenvalue weighted by atomic mass is 19.1. The van der Waals surface area contributed by atoms with Gasteiger partial charge in [-0.05, 0) is 75.4 Å². The molecule has 0 bridgehead atoms. The first-order chi connectivity index (χ1) is 17.2. The van der Waals surface area contributed by atoms with Crippen LogP contribution in [0.1, 0.15) is 46.3 Å². The summed E-state index contributed by atoms with van der Waals surface area (Å²) in [7, 11) is 0. The summed E-state index contributed by atoms with van der Waals surface area (Å²) in [5, 5.41) is 15.1. The molecule has 2 aliphatic heterocycles. The number of phenols is 1. The van der Waals surface area contributed by atoms with Gasteiger partial charge in [-0.1, -0.05) is 6.07 Å². The van der Waals surface area contributed by atoms with E-state index >= 15 is 0 Å². The zero-order valence-electron chi connectivity index (χ0n) is 20.9. The second-order valence-electron chi connectivity index (χ2n) is 10.5. The van der Waals surface area contributed by atoms with Gasteiger partial charge in [-0.3, -0.25) is 0 Å². The van der Waals surface area contributed by atoms with Crippen LogP contribution < -0.4 is 4.74 Å². The van der Waals surface area contributed by atoms with Gasteiger partial charge in [-0.2, -0.15) is 5.10 Å². The topological polar surface area (TPSA) is 86.0 Å². The van der Waals surface area contributed by atoms with E-state index in [2.05, 4.69) is 5.10 Å². The van der Waals surface area contributed by atoms with Gasteiger partial charge in [0.05, 0.1) is 23.7 Å². The second-order valence-corrected chi connectivity index (χ2v) is 10.5. The number of halogens is 1. The number of ether oxygens (including phenoxy) is 3. The van der Waals surface area contributed by atoms with Crippen molar-refractivity contribution in [3.05, 3.63) is 42.3 Å². The molecule has 3 aromatic rings. The molecule has 2 aliphatic rings. The minimum absolute atomic E-state index is 0.162. The van der Waals surface area contributed by atoms with E-state index in [9.17, 15) is 14.3 Å². The Labute approximate surface area is 209 Å². The quantitative estimate of drug-likeness (QED) is 0.502. The third-order valence-electron chi connectivity index (χ3n) is 6.47. The smallest absolute Gasteiger partial charge is 0.410 e. The molecule has 2 saturated heterocycles. The van der Waals surface area contributed by atoms with E-state index in [1.165, 1.54) is 12.1 Å². The van der Waals surface area contributed by atoms with Crippen LogP contribution in [0.5, 0.6) is 11.5 Å². The second kappa shape index (κ2) is 9.61. The van der Waals surface area contributed by atoms with Gasteiger partial charge in [0.2, 0.25) is 0 Å². The van der Waals surface area contributed by atoms with Crippen molar-refractivity contribution in [1.82, 2.24) is 14.7 Å². The van der Waals surface area contributed by atoms with E-state index in [-0.39, 0.29) is 18.2 Å². The van der Waals surface area contributed by atoms with Crippen LogP contribution in [-0.2, 0) is 9.47 Å². The lowest BCUT2D eigenvalue weighted by Crippen LogP contribution is -2.53. The van der Waals surface area contributed by atoms with Crippen molar-refractivity contribution in [3.8, 4) is 22.6 Å². The number of aromatic hydroxyl groups is 1. The number of hydrogen-bond donors (Lipinski definition) is 1. The molecular formula is C27H32FN3O5. The monoisotopic (exact) mass is 497 g/mol. The first-order valence-electron chi connectivity index (χ1n) is 12.4. The Balaban J connectivity index is 1.39. The normalized spacial score (nSPS) is 18.8. The van der Waals surface area contributed by atoms with Gasteiger partial charge in [0.25, 0.3) is 0 Å². The number of phenolic OH excluding ortho intramolecular Hbond substituents is 1. The highest BCUT2D eigenvalue weighted by molar-refractivity contribution is 5.90. The highest BCUT2D eigenvalue weighted by Crippen LogP contribution is 2.37. The summed E-state index contributed by atoms with van der Waals surface area (Å²) in [5.74, 6) is -0.264. The fourth-order valence-corrected chi connectivity index (χ4v) is 4.59. The molecule has 0 aliphatic carbocycles. The zero-order valence-corrected chi connectivity index (χ0v) is 20.9. The molecule has 192 valence electrons. The number of amides is 1. The molecule has 0 radical (unpaired) electrons. The number of fused-ring (bicyclic) bond motifs is 1. The van der Waals surface area contributed by atoms with Gasteiger partial charge in [0.15, 0.2) is 17.8 Å². The molecule has 1 amide bonds. The summed E-state index contributed by atoms with van der Waals surface area (Å²) in [6, 6.07) is 8.14. The molecule has 1 N–H and O–H groups in total. The number of carbonyl (C=O) groups is 1. The molecule has 1 atom stereocenters. The van der Waals surface area contributed by atoms with Gasteiger partial charge in [-0.25, -0.2) is 13.9 Å². The number of benzene rings is 2. The van der Waals surface area contributed by atoms with Crippen LogP contribution in [0.25, 0.3) is 22.0 Å². The van der Waals surface area contributed by atoms with E-state index < -0.39 is 17.2 Å². The number of carbonyl (C=O) groups excluding carboxylic acids is 1. The van der Waals surface area contributed by atoms with Crippen LogP contribution >= 0.6 is 0 Å². The van der Waals surface area contributed by atoms with Crippen LogP contribution in [0.3, 0.4) is 0 Å². The van der Waals surface area contributed by atoms with Gasteiger partial charge >= 0.3 is 6.09 Å². The molecule has 5 rings (SSSR count). The maximum Gasteiger partial charge on any atom is 0.410 e. The highest BCUT2D eigenvalue weighted by Gasteiger charge is 2.34. The molecule has 3 heterocycles.